The molecule has 7 nitrogen and oxygen atoms in total. The number of carbonyl (C=O) groups is 1. The van der Waals surface area contributed by atoms with Gasteiger partial charge in [0.1, 0.15) is 0 Å². The van der Waals surface area contributed by atoms with Gasteiger partial charge in [-0.25, -0.2) is 0 Å². The summed E-state index contributed by atoms with van der Waals surface area (Å²) in [5, 5.41) is -0.752. The summed E-state index contributed by atoms with van der Waals surface area (Å²) >= 11 is -3.42. The Hall–Kier alpha value is -1.62. The molecule has 7 atom stereocenters. The van der Waals surface area contributed by atoms with Crippen molar-refractivity contribution in [3.05, 3.63) is 66.2 Å². The predicted molar refractivity (Wildman–Crippen MR) is 181 cm³/mol. The minimum absolute atomic E-state index is 0.119. The van der Waals surface area contributed by atoms with Crippen molar-refractivity contribution in [2.45, 2.75) is 144 Å². The van der Waals surface area contributed by atoms with E-state index in [1.165, 1.54) is 0 Å². The number of carbonyl (C=O) groups excluding carboxylic acids is 1. The molecular formula is C36H53NO6SSn. The third-order valence-electron chi connectivity index (χ3n) is 10.2. The van der Waals surface area contributed by atoms with Crippen molar-refractivity contribution in [3.63, 3.8) is 0 Å². The number of unbranched alkanes of at least 4 members (excludes halogenated alkanes) is 3. The van der Waals surface area contributed by atoms with E-state index in [1.54, 1.807) is 29.2 Å². The molecule has 2 aromatic rings. The van der Waals surface area contributed by atoms with Crippen LogP contribution in [0, 0.1) is 0 Å². The SMILES string of the molecule is CCC[CH2][Sn]([CH2]CCC)([CH2]CCC)[CH]1C(S(=O)(=O)c2ccccc2)[C@@H]2[C@H]3OC(c4ccccc4)O[C@H]3[C@H]1N2C(=O)OC(C)(C)C. The molecule has 1 amide bonds. The number of amides is 1. The van der Waals surface area contributed by atoms with Crippen LogP contribution in [0.4, 0.5) is 4.79 Å². The Morgan fingerprint density at radius 3 is 1.78 bits per heavy atom. The van der Waals surface area contributed by atoms with E-state index in [9.17, 15) is 4.79 Å². The van der Waals surface area contributed by atoms with Crippen molar-refractivity contribution >= 4 is 34.3 Å². The maximum atomic E-state index is 15.1. The van der Waals surface area contributed by atoms with Gasteiger partial charge in [-0.3, -0.25) is 0 Å². The first-order valence-electron chi connectivity index (χ1n) is 17.1. The van der Waals surface area contributed by atoms with Gasteiger partial charge in [-0.2, -0.15) is 0 Å². The Labute approximate surface area is 275 Å². The molecule has 0 spiro atoms. The molecule has 0 aromatic heterocycles. The first-order valence-corrected chi connectivity index (χ1v) is 26.4. The fraction of sp³-hybridized carbons (Fsp3) is 0.639. The van der Waals surface area contributed by atoms with Crippen molar-refractivity contribution in [1.29, 1.82) is 0 Å². The van der Waals surface area contributed by atoms with Crippen LogP contribution in [-0.4, -0.2) is 72.9 Å². The minimum atomic E-state index is -3.84. The van der Waals surface area contributed by atoms with E-state index in [1.807, 2.05) is 57.2 Å². The zero-order valence-corrected chi connectivity index (χ0v) is 31.7. The zero-order chi connectivity index (χ0) is 32.4. The molecule has 2 aromatic carbocycles. The number of benzene rings is 2. The molecule has 0 aliphatic carbocycles. The molecule has 45 heavy (non-hydrogen) atoms. The number of hydrogen-bond donors (Lipinski definition) is 0. The van der Waals surface area contributed by atoms with Gasteiger partial charge in [-0.05, 0) is 0 Å². The molecule has 0 saturated carbocycles. The topological polar surface area (TPSA) is 82.1 Å². The van der Waals surface area contributed by atoms with E-state index in [4.69, 9.17) is 14.2 Å². The summed E-state index contributed by atoms with van der Waals surface area (Å²) in [6.45, 7) is 12.3. The number of fused-ring (bicyclic) bond motifs is 5. The van der Waals surface area contributed by atoms with Gasteiger partial charge in [0.25, 0.3) is 0 Å². The third kappa shape index (κ3) is 6.86. The van der Waals surface area contributed by atoms with Crippen LogP contribution >= 0.6 is 0 Å². The van der Waals surface area contributed by atoms with Gasteiger partial charge in [-0.15, -0.1) is 0 Å². The van der Waals surface area contributed by atoms with Crippen LogP contribution in [0.2, 0.25) is 17.2 Å². The van der Waals surface area contributed by atoms with E-state index in [-0.39, 0.29) is 3.93 Å². The quantitative estimate of drug-likeness (QED) is 0.191. The van der Waals surface area contributed by atoms with Crippen molar-refractivity contribution in [2.75, 3.05) is 0 Å². The van der Waals surface area contributed by atoms with Crippen LogP contribution in [0.1, 0.15) is 91.9 Å². The Morgan fingerprint density at radius 1 is 0.800 bits per heavy atom. The van der Waals surface area contributed by atoms with Crippen molar-refractivity contribution in [1.82, 2.24) is 4.90 Å². The molecule has 0 radical (unpaired) electrons. The van der Waals surface area contributed by atoms with Crippen molar-refractivity contribution < 1.29 is 27.4 Å². The second-order valence-corrected chi connectivity index (χ2v) is 30.4. The number of sulfone groups is 1. The van der Waals surface area contributed by atoms with Gasteiger partial charge in [0, 0.05) is 0 Å². The van der Waals surface area contributed by atoms with Gasteiger partial charge in [-0.1, -0.05) is 0 Å². The van der Waals surface area contributed by atoms with E-state index >= 15 is 8.42 Å². The van der Waals surface area contributed by atoms with Gasteiger partial charge in [0.15, 0.2) is 0 Å². The number of ether oxygens (including phenoxy) is 3. The monoisotopic (exact) mass is 747 g/mol. The van der Waals surface area contributed by atoms with Gasteiger partial charge in [0.05, 0.1) is 0 Å². The molecule has 3 fully saturated rings. The van der Waals surface area contributed by atoms with Crippen LogP contribution in [0.25, 0.3) is 0 Å². The molecule has 3 aliphatic rings. The molecule has 3 saturated heterocycles. The summed E-state index contributed by atoms with van der Waals surface area (Å²) < 4.78 is 52.9. The predicted octanol–water partition coefficient (Wildman–Crippen LogP) is 8.53. The molecule has 9 heteroatoms. The van der Waals surface area contributed by atoms with E-state index < -0.39 is 75.7 Å². The summed E-state index contributed by atoms with van der Waals surface area (Å²) in [6, 6.07) is 17.7. The number of nitrogens with zero attached hydrogens (tertiary/aromatic N) is 1. The summed E-state index contributed by atoms with van der Waals surface area (Å²) in [4.78, 5) is 16.4. The summed E-state index contributed by atoms with van der Waals surface area (Å²) in [7, 11) is -3.84. The Bertz CT molecular complexity index is 1360. The van der Waals surface area contributed by atoms with E-state index in [0.29, 0.717) is 4.90 Å². The number of hydrogen-bond acceptors (Lipinski definition) is 6. The summed E-state index contributed by atoms with van der Waals surface area (Å²) in [6.07, 6.45) is 4.51. The molecule has 3 unspecified atom stereocenters. The Kier molecular flexibility index (Phi) is 11.0. The maximum absolute atomic E-state index is 15.1. The second kappa shape index (κ2) is 14.2. The Morgan fingerprint density at radius 2 is 1.29 bits per heavy atom. The Balaban J connectivity index is 1.71. The van der Waals surface area contributed by atoms with Crippen LogP contribution in [-0.2, 0) is 24.0 Å². The molecule has 5 rings (SSSR count). The standard InChI is InChI=1S/C24H26NO6S.3C4H9.Sn/c1-24(2,3)31-23(26)25-17-14-18(32(27,28)16-12-8-5-9-13-16)19(25)21-20(17)29-22(30-21)15-10-6-4-7-11-15;3*1-3-4-2;/h4-14,17-22H,1-3H3;3*1,3-4H2,2H3;/t17-,18?,19+,20-,21+,22?;;;;/m0..../s1. The van der Waals surface area contributed by atoms with Gasteiger partial charge in [0.2, 0.25) is 0 Å². The molecule has 3 heterocycles. The molecule has 248 valence electrons. The molecular weight excluding hydrogens is 693 g/mol. The normalized spacial score (nSPS) is 28.0. The molecule has 0 N–H and O–H groups in total. The third-order valence-corrected chi connectivity index (χ3v) is 30.7. The van der Waals surface area contributed by atoms with Gasteiger partial charge >= 0.3 is 276 Å². The van der Waals surface area contributed by atoms with Crippen LogP contribution in [0.5, 0.6) is 0 Å². The van der Waals surface area contributed by atoms with E-state index in [2.05, 4.69) is 20.8 Å². The van der Waals surface area contributed by atoms with Crippen molar-refractivity contribution in [3.8, 4) is 0 Å². The number of rotatable bonds is 13. The zero-order valence-electron chi connectivity index (χ0n) is 28.0. The fourth-order valence-corrected chi connectivity index (χ4v) is 33.5. The molecule has 3 aliphatic heterocycles. The second-order valence-electron chi connectivity index (χ2n) is 14.3. The van der Waals surface area contributed by atoms with Crippen LogP contribution < -0.4 is 0 Å². The molecule has 2 bridgehead atoms. The van der Waals surface area contributed by atoms with E-state index in [0.717, 1.165) is 57.4 Å². The average Bonchev–Trinajstić information content (AvgIpc) is 3.70. The fourth-order valence-electron chi connectivity index (χ4n) is 8.31. The summed E-state index contributed by atoms with van der Waals surface area (Å²) in [5.41, 5.74) is 0.186. The first kappa shape index (κ1) is 34.7. The average molecular weight is 747 g/mol. The van der Waals surface area contributed by atoms with Crippen LogP contribution in [0.15, 0.2) is 65.6 Å². The van der Waals surface area contributed by atoms with Crippen molar-refractivity contribution in [2.24, 2.45) is 0 Å². The van der Waals surface area contributed by atoms with Gasteiger partial charge < -0.3 is 0 Å². The first-order chi connectivity index (χ1) is 21.5. The summed E-state index contributed by atoms with van der Waals surface area (Å²) in [5.74, 6) is 0. The van der Waals surface area contributed by atoms with Crippen LogP contribution in [0.3, 0.4) is 0 Å².